The van der Waals surface area contributed by atoms with E-state index in [1.165, 1.54) is 0 Å². The van der Waals surface area contributed by atoms with Crippen molar-refractivity contribution in [2.75, 3.05) is 14.2 Å². The van der Waals surface area contributed by atoms with Gasteiger partial charge >= 0.3 is 0 Å². The monoisotopic (exact) mass is 783 g/mol. The minimum atomic E-state index is -0.469. The number of amides is 1. The maximum Gasteiger partial charge on any atom is 0.251 e. The zero-order valence-electron chi connectivity index (χ0n) is 31.2. The number of ether oxygens (including phenoxy) is 2. The Balaban J connectivity index is 0.00000300. The fourth-order valence-electron chi connectivity index (χ4n) is 6.74. The van der Waals surface area contributed by atoms with Gasteiger partial charge in [0.05, 0.1) is 20.3 Å². The van der Waals surface area contributed by atoms with Crippen molar-refractivity contribution in [3.8, 4) is 22.9 Å². The summed E-state index contributed by atoms with van der Waals surface area (Å²) in [5, 5.41) is 3.23. The first-order valence-corrected chi connectivity index (χ1v) is 17.9. The number of benzene rings is 5. The standard InChI is InChI=1S/C45H41N5O4.2H2S/c1-53-39-20-16-37(17-21-39)49-26-24-46-43(49)36(28-32-10-5-3-6-11-32)31-42(51)34-14-9-15-35(30-34)45(52)48-41(29-33-12-7-4-8-13-33)44-47-25-27-50(44)38-18-22-40(54-2)23-19-38;;/h3-27,30,36,41H,28-29,31H2,1-2H3,(H,48,52);2*1H2/t36-,41+;;/m1../s1. The number of rotatable bonds is 15. The SMILES string of the molecule is COc1ccc(-n2ccnc2[C@@H](CC(=O)c2cccc(C(=O)N[C@@H](Cc3ccccc3)c3nccn3-c3ccc(OC)cc3)c2)Cc2ccccc2)cc1.S.S. The van der Waals surface area contributed by atoms with Crippen molar-refractivity contribution < 1.29 is 19.1 Å². The van der Waals surface area contributed by atoms with Crippen LogP contribution in [0.3, 0.4) is 0 Å². The van der Waals surface area contributed by atoms with Gasteiger partial charge in [-0.1, -0.05) is 72.8 Å². The molecule has 2 aromatic heterocycles. The molecule has 0 bridgehead atoms. The highest BCUT2D eigenvalue weighted by molar-refractivity contribution is 7.59. The minimum Gasteiger partial charge on any atom is -0.497 e. The number of nitrogens with zero attached hydrogens (tertiary/aromatic N) is 4. The summed E-state index contributed by atoms with van der Waals surface area (Å²) in [6.45, 7) is 0. The molecule has 1 N–H and O–H groups in total. The van der Waals surface area contributed by atoms with Crippen molar-refractivity contribution in [1.29, 1.82) is 0 Å². The number of Topliss-reactive ketones (excluding diaryl/α,β-unsaturated/α-hetero) is 1. The molecule has 0 aliphatic heterocycles. The maximum absolute atomic E-state index is 14.1. The molecule has 0 unspecified atom stereocenters. The van der Waals surface area contributed by atoms with Crippen LogP contribution in [0.25, 0.3) is 11.4 Å². The third kappa shape index (κ3) is 9.79. The largest absolute Gasteiger partial charge is 0.497 e. The molecular weight excluding hydrogens is 739 g/mol. The van der Waals surface area contributed by atoms with Gasteiger partial charge in [0.2, 0.25) is 0 Å². The summed E-state index contributed by atoms with van der Waals surface area (Å²) >= 11 is 0. The lowest BCUT2D eigenvalue weighted by molar-refractivity contribution is 0.0934. The molecule has 0 saturated carbocycles. The van der Waals surface area contributed by atoms with E-state index in [0.717, 1.165) is 39.8 Å². The van der Waals surface area contributed by atoms with Crippen LogP contribution in [0.15, 0.2) is 158 Å². The molecule has 7 rings (SSSR count). The first-order valence-electron chi connectivity index (χ1n) is 17.9. The van der Waals surface area contributed by atoms with Crippen molar-refractivity contribution in [3.05, 3.63) is 192 Å². The molecular formula is C45H45N5O4S2. The predicted octanol–water partition coefficient (Wildman–Crippen LogP) is 8.61. The second-order valence-electron chi connectivity index (χ2n) is 13.0. The van der Waals surface area contributed by atoms with E-state index in [-0.39, 0.29) is 51.0 Å². The molecule has 286 valence electrons. The number of hydrogen-bond donors (Lipinski definition) is 1. The summed E-state index contributed by atoms with van der Waals surface area (Å²) in [5.74, 6) is 2.35. The van der Waals surface area contributed by atoms with E-state index >= 15 is 0 Å². The lowest BCUT2D eigenvalue weighted by Crippen LogP contribution is -2.32. The molecule has 1 amide bonds. The van der Waals surface area contributed by atoms with E-state index in [0.29, 0.717) is 29.8 Å². The first kappa shape index (κ1) is 41.1. The zero-order valence-corrected chi connectivity index (χ0v) is 33.2. The van der Waals surface area contributed by atoms with Crippen LogP contribution < -0.4 is 14.8 Å². The summed E-state index contributed by atoms with van der Waals surface area (Å²) in [7, 11) is 3.27. The van der Waals surface area contributed by atoms with Crippen LogP contribution in [0.4, 0.5) is 0 Å². The van der Waals surface area contributed by atoms with Crippen molar-refractivity contribution in [3.63, 3.8) is 0 Å². The Hall–Kier alpha value is -6.04. The number of methoxy groups -OCH3 is 2. The number of aromatic nitrogens is 4. The number of nitrogens with one attached hydrogen (secondary N) is 1. The van der Waals surface area contributed by atoms with Gasteiger partial charge in [0.15, 0.2) is 5.78 Å². The third-order valence-electron chi connectivity index (χ3n) is 9.51. The fraction of sp³-hybridized carbons (Fsp3) is 0.156. The number of hydrogen-bond acceptors (Lipinski definition) is 6. The summed E-state index contributed by atoms with van der Waals surface area (Å²) < 4.78 is 14.7. The lowest BCUT2D eigenvalue weighted by atomic mass is 9.90. The molecule has 9 nitrogen and oxygen atoms in total. The van der Waals surface area contributed by atoms with Crippen LogP contribution in [-0.4, -0.2) is 45.0 Å². The predicted molar refractivity (Wildman–Crippen MR) is 230 cm³/mol. The molecule has 0 aliphatic rings. The van der Waals surface area contributed by atoms with Gasteiger partial charge in [-0.3, -0.25) is 9.59 Å². The smallest absolute Gasteiger partial charge is 0.251 e. The number of carbonyl (C=O) groups is 2. The highest BCUT2D eigenvalue weighted by Crippen LogP contribution is 2.29. The highest BCUT2D eigenvalue weighted by Gasteiger charge is 2.25. The molecule has 7 aromatic rings. The lowest BCUT2D eigenvalue weighted by Gasteiger charge is -2.21. The number of imidazole rings is 2. The number of carbonyl (C=O) groups excluding carboxylic acids is 2. The van der Waals surface area contributed by atoms with Crippen LogP contribution in [0.5, 0.6) is 11.5 Å². The van der Waals surface area contributed by atoms with E-state index in [1.54, 1.807) is 50.9 Å². The Labute approximate surface area is 341 Å². The van der Waals surface area contributed by atoms with Gasteiger partial charge in [0.1, 0.15) is 23.1 Å². The molecule has 0 aliphatic carbocycles. The van der Waals surface area contributed by atoms with E-state index < -0.39 is 6.04 Å². The van der Waals surface area contributed by atoms with Gasteiger partial charge in [0.25, 0.3) is 5.91 Å². The Morgan fingerprint density at radius 1 is 0.607 bits per heavy atom. The molecule has 2 atom stereocenters. The van der Waals surface area contributed by atoms with E-state index in [1.807, 2.05) is 119 Å². The fourth-order valence-corrected chi connectivity index (χ4v) is 6.74. The molecule has 0 saturated heterocycles. The quantitative estimate of drug-likeness (QED) is 0.105. The van der Waals surface area contributed by atoms with Crippen molar-refractivity contribution >= 4 is 38.7 Å². The molecule has 0 radical (unpaired) electrons. The number of ketones is 1. The Morgan fingerprint density at radius 3 is 1.66 bits per heavy atom. The van der Waals surface area contributed by atoms with Gasteiger partial charge in [-0.2, -0.15) is 27.0 Å². The van der Waals surface area contributed by atoms with Crippen molar-refractivity contribution in [1.82, 2.24) is 24.4 Å². The zero-order chi connectivity index (χ0) is 37.3. The average Bonchev–Trinajstić information content (AvgIpc) is 3.93. The third-order valence-corrected chi connectivity index (χ3v) is 9.51. The second kappa shape index (κ2) is 19.5. The van der Waals surface area contributed by atoms with E-state index in [2.05, 4.69) is 17.4 Å². The van der Waals surface area contributed by atoms with Crippen LogP contribution in [0.2, 0.25) is 0 Å². The normalized spacial score (nSPS) is 11.7. The Morgan fingerprint density at radius 2 is 1.11 bits per heavy atom. The summed E-state index contributed by atoms with van der Waals surface area (Å²) in [4.78, 5) is 37.6. The van der Waals surface area contributed by atoms with Gasteiger partial charge in [-0.05, 0) is 84.6 Å². The molecule has 56 heavy (non-hydrogen) atoms. The van der Waals surface area contributed by atoms with Gasteiger partial charge in [-0.15, -0.1) is 0 Å². The van der Waals surface area contributed by atoms with Crippen LogP contribution in [0.1, 0.15) is 61.9 Å². The topological polar surface area (TPSA) is 100 Å². The second-order valence-corrected chi connectivity index (χ2v) is 13.0. The molecule has 11 heteroatoms. The maximum atomic E-state index is 14.1. The van der Waals surface area contributed by atoms with Crippen molar-refractivity contribution in [2.24, 2.45) is 0 Å². The Bertz CT molecular complexity index is 2150. The van der Waals surface area contributed by atoms with Crippen LogP contribution in [0, 0.1) is 0 Å². The minimum absolute atomic E-state index is 0. The van der Waals surface area contributed by atoms with Gasteiger partial charge < -0.3 is 23.9 Å². The van der Waals surface area contributed by atoms with Crippen LogP contribution >= 0.6 is 27.0 Å². The summed E-state index contributed by atoms with van der Waals surface area (Å²) in [6.07, 6.45) is 8.61. The Kier molecular flexibility index (Phi) is 14.3. The van der Waals surface area contributed by atoms with Crippen LogP contribution in [-0.2, 0) is 12.8 Å². The van der Waals surface area contributed by atoms with Gasteiger partial charge in [0, 0.05) is 59.6 Å². The van der Waals surface area contributed by atoms with Crippen molar-refractivity contribution in [2.45, 2.75) is 31.2 Å². The molecule has 0 spiro atoms. The van der Waals surface area contributed by atoms with E-state index in [4.69, 9.17) is 19.4 Å². The van der Waals surface area contributed by atoms with E-state index in [9.17, 15) is 9.59 Å². The molecule has 5 aromatic carbocycles. The summed E-state index contributed by atoms with van der Waals surface area (Å²) in [5.41, 5.74) is 4.81. The summed E-state index contributed by atoms with van der Waals surface area (Å²) in [6, 6.07) is 42.0. The van der Waals surface area contributed by atoms with Gasteiger partial charge in [-0.25, -0.2) is 9.97 Å². The molecule has 0 fully saturated rings. The average molecular weight is 784 g/mol. The molecule has 2 heterocycles. The highest BCUT2D eigenvalue weighted by atomic mass is 32.1. The first-order chi connectivity index (χ1) is 26.5.